The van der Waals surface area contributed by atoms with Crippen molar-refractivity contribution in [3.05, 3.63) is 17.5 Å². The van der Waals surface area contributed by atoms with E-state index in [1.165, 1.54) is 0 Å². The van der Waals surface area contributed by atoms with Gasteiger partial charge in [-0.25, -0.2) is 9.97 Å². The second-order valence-electron chi connectivity index (χ2n) is 7.34. The number of hydrogen-bond donors (Lipinski definition) is 1. The minimum Gasteiger partial charge on any atom is -0.378 e. The predicted molar refractivity (Wildman–Crippen MR) is 88.3 cm³/mol. The van der Waals surface area contributed by atoms with E-state index in [9.17, 15) is 4.79 Å². The number of carbonyl (C=O) groups is 1. The lowest BCUT2D eigenvalue weighted by Gasteiger charge is -2.31. The van der Waals surface area contributed by atoms with Crippen molar-refractivity contribution in [3.63, 3.8) is 0 Å². The largest absolute Gasteiger partial charge is 0.378 e. The van der Waals surface area contributed by atoms with Crippen LogP contribution in [0.5, 0.6) is 0 Å². The Morgan fingerprint density at radius 1 is 1.35 bits per heavy atom. The third-order valence-electron chi connectivity index (χ3n) is 4.45. The van der Waals surface area contributed by atoms with Gasteiger partial charge in [0.05, 0.1) is 24.9 Å². The maximum absolute atomic E-state index is 12.3. The first-order valence-corrected chi connectivity index (χ1v) is 8.44. The lowest BCUT2D eigenvalue weighted by molar-refractivity contribution is -0.129. The Kier molecular flexibility index (Phi) is 4.53. The number of anilines is 1. The van der Waals surface area contributed by atoms with Gasteiger partial charge in [-0.3, -0.25) is 4.79 Å². The van der Waals surface area contributed by atoms with Gasteiger partial charge < -0.3 is 15.0 Å². The van der Waals surface area contributed by atoms with Crippen LogP contribution in [-0.2, 0) is 16.0 Å². The summed E-state index contributed by atoms with van der Waals surface area (Å²) in [5.74, 6) is 0.863. The quantitative estimate of drug-likeness (QED) is 0.901. The topological polar surface area (TPSA) is 67.4 Å². The molecule has 0 bridgehead atoms. The van der Waals surface area contributed by atoms with Gasteiger partial charge in [0.1, 0.15) is 0 Å². The van der Waals surface area contributed by atoms with Gasteiger partial charge >= 0.3 is 0 Å². The molecule has 0 unspecified atom stereocenters. The monoisotopic (exact) mass is 318 g/mol. The van der Waals surface area contributed by atoms with Gasteiger partial charge in [0, 0.05) is 30.3 Å². The van der Waals surface area contributed by atoms with E-state index in [0.29, 0.717) is 0 Å². The maximum Gasteiger partial charge on any atom is 0.225 e. The van der Waals surface area contributed by atoms with Gasteiger partial charge in [0.2, 0.25) is 11.9 Å². The SMILES string of the molecule is CC(C)(C)C(=O)N[C@@H]1CCCc2nc(N3CCOCC3)ncc21. The molecule has 1 aromatic rings. The summed E-state index contributed by atoms with van der Waals surface area (Å²) in [4.78, 5) is 23.8. The molecule has 126 valence electrons. The molecule has 1 amide bonds. The minimum absolute atomic E-state index is 0.0317. The molecule has 3 rings (SSSR count). The number of fused-ring (bicyclic) bond motifs is 1. The first-order chi connectivity index (χ1) is 10.9. The number of aryl methyl sites for hydroxylation is 1. The molecule has 6 heteroatoms. The Bertz CT molecular complexity index is 576. The lowest BCUT2D eigenvalue weighted by atomic mass is 9.90. The highest BCUT2D eigenvalue weighted by molar-refractivity contribution is 5.81. The van der Waals surface area contributed by atoms with E-state index in [-0.39, 0.29) is 17.4 Å². The molecule has 0 spiro atoms. The molecular formula is C17H26N4O2. The van der Waals surface area contributed by atoms with Crippen LogP contribution < -0.4 is 10.2 Å². The van der Waals surface area contributed by atoms with E-state index in [4.69, 9.17) is 9.72 Å². The molecule has 0 aromatic carbocycles. The molecule has 1 atom stereocenters. The van der Waals surface area contributed by atoms with Gasteiger partial charge in [-0.05, 0) is 19.3 Å². The summed E-state index contributed by atoms with van der Waals surface area (Å²) in [6.07, 6.45) is 4.85. The zero-order valence-electron chi connectivity index (χ0n) is 14.3. The van der Waals surface area contributed by atoms with Crippen LogP contribution in [0.15, 0.2) is 6.20 Å². The van der Waals surface area contributed by atoms with Gasteiger partial charge in [-0.15, -0.1) is 0 Å². The molecule has 2 heterocycles. The number of amides is 1. The molecule has 0 saturated carbocycles. The summed E-state index contributed by atoms with van der Waals surface area (Å²) in [6.45, 7) is 8.93. The van der Waals surface area contributed by atoms with Crippen molar-refractivity contribution in [1.82, 2.24) is 15.3 Å². The van der Waals surface area contributed by atoms with Crippen LogP contribution in [0.3, 0.4) is 0 Å². The molecule has 0 radical (unpaired) electrons. The lowest BCUT2D eigenvalue weighted by Crippen LogP contribution is -2.40. The van der Waals surface area contributed by atoms with Crippen molar-refractivity contribution in [3.8, 4) is 0 Å². The molecule has 1 fully saturated rings. The van der Waals surface area contributed by atoms with Crippen molar-refractivity contribution >= 4 is 11.9 Å². The van der Waals surface area contributed by atoms with E-state index >= 15 is 0 Å². The third kappa shape index (κ3) is 3.63. The number of rotatable bonds is 2. The average molecular weight is 318 g/mol. The fraction of sp³-hybridized carbons (Fsp3) is 0.706. The second-order valence-corrected chi connectivity index (χ2v) is 7.34. The van der Waals surface area contributed by atoms with Crippen LogP contribution in [0.25, 0.3) is 0 Å². The van der Waals surface area contributed by atoms with Crippen molar-refractivity contribution < 1.29 is 9.53 Å². The zero-order chi connectivity index (χ0) is 16.4. The van der Waals surface area contributed by atoms with Gasteiger partial charge in [-0.1, -0.05) is 20.8 Å². The number of ether oxygens (including phenoxy) is 1. The van der Waals surface area contributed by atoms with Gasteiger partial charge in [-0.2, -0.15) is 0 Å². The normalized spacial score (nSPS) is 21.7. The van der Waals surface area contributed by atoms with Gasteiger partial charge in [0.15, 0.2) is 0 Å². The maximum atomic E-state index is 12.3. The molecule has 6 nitrogen and oxygen atoms in total. The Hall–Kier alpha value is -1.69. The number of morpholine rings is 1. The Morgan fingerprint density at radius 3 is 2.78 bits per heavy atom. The standard InChI is InChI=1S/C17H26N4O2/c1-17(2,3)15(22)19-13-5-4-6-14-12(13)11-18-16(20-14)21-7-9-23-10-8-21/h11,13H,4-10H2,1-3H3,(H,19,22)/t13-/m1/s1. The highest BCUT2D eigenvalue weighted by Crippen LogP contribution is 2.30. The van der Waals surface area contributed by atoms with Crippen LogP contribution in [0.1, 0.15) is 50.9 Å². The zero-order valence-corrected chi connectivity index (χ0v) is 14.3. The molecule has 1 N–H and O–H groups in total. The number of nitrogens with one attached hydrogen (secondary N) is 1. The summed E-state index contributed by atoms with van der Waals surface area (Å²) in [5.41, 5.74) is 1.77. The fourth-order valence-corrected chi connectivity index (χ4v) is 2.98. The predicted octanol–water partition coefficient (Wildman–Crippen LogP) is 1.85. The average Bonchev–Trinajstić information content (AvgIpc) is 2.54. The van der Waals surface area contributed by atoms with Crippen molar-refractivity contribution in [1.29, 1.82) is 0 Å². The molecule has 23 heavy (non-hydrogen) atoms. The fourth-order valence-electron chi connectivity index (χ4n) is 2.98. The van der Waals surface area contributed by atoms with Crippen molar-refractivity contribution in [2.75, 3.05) is 31.2 Å². The summed E-state index contributed by atoms with van der Waals surface area (Å²) in [5, 5.41) is 3.16. The number of aromatic nitrogens is 2. The number of carbonyl (C=O) groups excluding carboxylic acids is 1. The van der Waals surface area contributed by atoms with Gasteiger partial charge in [0.25, 0.3) is 0 Å². The minimum atomic E-state index is -0.383. The highest BCUT2D eigenvalue weighted by atomic mass is 16.5. The molecule has 1 aliphatic heterocycles. The van der Waals surface area contributed by atoms with Crippen LogP contribution >= 0.6 is 0 Å². The smallest absolute Gasteiger partial charge is 0.225 e. The first-order valence-electron chi connectivity index (χ1n) is 8.44. The molecular weight excluding hydrogens is 292 g/mol. The van der Waals surface area contributed by atoms with E-state index < -0.39 is 0 Å². The Balaban J connectivity index is 1.78. The third-order valence-corrected chi connectivity index (χ3v) is 4.45. The molecule has 1 saturated heterocycles. The summed E-state index contributed by atoms with van der Waals surface area (Å²) < 4.78 is 5.38. The number of nitrogens with zero attached hydrogens (tertiary/aromatic N) is 3. The molecule has 1 aliphatic carbocycles. The summed E-state index contributed by atoms with van der Waals surface area (Å²) in [7, 11) is 0. The Labute approximate surface area is 137 Å². The van der Waals surface area contributed by atoms with Crippen molar-refractivity contribution in [2.24, 2.45) is 5.41 Å². The molecule has 1 aromatic heterocycles. The number of hydrogen-bond acceptors (Lipinski definition) is 5. The second kappa shape index (κ2) is 6.43. The first kappa shape index (κ1) is 16.2. The molecule has 2 aliphatic rings. The Morgan fingerprint density at radius 2 is 2.09 bits per heavy atom. The summed E-state index contributed by atoms with van der Waals surface area (Å²) >= 11 is 0. The highest BCUT2D eigenvalue weighted by Gasteiger charge is 2.29. The van der Waals surface area contributed by atoms with Crippen LogP contribution in [0.4, 0.5) is 5.95 Å². The van der Waals surface area contributed by atoms with Crippen molar-refractivity contribution in [2.45, 2.75) is 46.1 Å². The van der Waals surface area contributed by atoms with Crippen LogP contribution in [0.2, 0.25) is 0 Å². The summed E-state index contributed by atoms with van der Waals surface area (Å²) in [6, 6.07) is 0.0317. The van der Waals surface area contributed by atoms with E-state index in [0.717, 1.165) is 62.8 Å². The van der Waals surface area contributed by atoms with Crippen LogP contribution in [-0.4, -0.2) is 42.2 Å². The van der Waals surface area contributed by atoms with Crippen LogP contribution in [0, 0.1) is 5.41 Å². The van der Waals surface area contributed by atoms with E-state index in [1.54, 1.807) is 0 Å². The van der Waals surface area contributed by atoms with E-state index in [1.807, 2.05) is 27.0 Å². The van der Waals surface area contributed by atoms with E-state index in [2.05, 4.69) is 15.2 Å².